The number of rotatable bonds is 7. The van der Waals surface area contributed by atoms with Crippen molar-refractivity contribution in [2.24, 2.45) is 5.92 Å². The monoisotopic (exact) mass is 230 g/mol. The number of hydrogen-bond acceptors (Lipinski definition) is 3. The Morgan fingerprint density at radius 3 is 2.50 bits per heavy atom. The molecule has 5 nitrogen and oxygen atoms in total. The Morgan fingerprint density at radius 1 is 1.25 bits per heavy atom. The van der Waals surface area contributed by atoms with E-state index in [1.54, 1.807) is 0 Å². The molecule has 0 rings (SSSR count). The fourth-order valence-corrected chi connectivity index (χ4v) is 0.979. The normalized spacial score (nSPS) is 11.7. The van der Waals surface area contributed by atoms with Crippen molar-refractivity contribution in [2.45, 2.75) is 33.6 Å². The first-order chi connectivity index (χ1) is 7.61. The van der Waals surface area contributed by atoms with Gasteiger partial charge in [0.05, 0.1) is 12.5 Å². The molecule has 0 aliphatic carbocycles. The molecule has 1 unspecified atom stereocenters. The van der Waals surface area contributed by atoms with Crippen LogP contribution in [0.1, 0.15) is 33.6 Å². The number of urea groups is 1. The molecule has 5 heteroatoms. The molecule has 0 aromatic carbocycles. The molecule has 0 aliphatic rings. The maximum absolute atomic E-state index is 11.3. The van der Waals surface area contributed by atoms with Gasteiger partial charge in [0.2, 0.25) is 0 Å². The van der Waals surface area contributed by atoms with E-state index < -0.39 is 0 Å². The minimum Gasteiger partial charge on any atom is -0.465 e. The van der Waals surface area contributed by atoms with Crippen LogP contribution in [-0.4, -0.2) is 31.7 Å². The van der Waals surface area contributed by atoms with E-state index in [4.69, 9.17) is 4.74 Å². The summed E-state index contributed by atoms with van der Waals surface area (Å²) in [5.74, 6) is -0.211. The third-order valence-electron chi connectivity index (χ3n) is 2.20. The van der Waals surface area contributed by atoms with E-state index >= 15 is 0 Å². The van der Waals surface area contributed by atoms with Crippen LogP contribution < -0.4 is 10.6 Å². The molecule has 0 radical (unpaired) electrons. The van der Waals surface area contributed by atoms with E-state index in [2.05, 4.69) is 10.6 Å². The number of ether oxygens (including phenoxy) is 1. The van der Waals surface area contributed by atoms with E-state index in [9.17, 15) is 9.59 Å². The van der Waals surface area contributed by atoms with Crippen molar-refractivity contribution in [2.75, 3.05) is 19.7 Å². The quantitative estimate of drug-likeness (QED) is 0.511. The van der Waals surface area contributed by atoms with E-state index in [-0.39, 0.29) is 17.9 Å². The Hall–Kier alpha value is -1.26. The smallest absolute Gasteiger partial charge is 0.314 e. The summed E-state index contributed by atoms with van der Waals surface area (Å²) >= 11 is 0. The lowest BCUT2D eigenvalue weighted by Crippen LogP contribution is -2.36. The van der Waals surface area contributed by atoms with Crippen LogP contribution in [0.25, 0.3) is 0 Å². The van der Waals surface area contributed by atoms with Gasteiger partial charge >= 0.3 is 12.0 Å². The van der Waals surface area contributed by atoms with Crippen LogP contribution in [0.3, 0.4) is 0 Å². The van der Waals surface area contributed by atoms with Gasteiger partial charge in [-0.1, -0.05) is 13.8 Å². The first-order valence-electron chi connectivity index (χ1n) is 5.80. The van der Waals surface area contributed by atoms with Gasteiger partial charge in [-0.25, -0.2) is 4.79 Å². The van der Waals surface area contributed by atoms with Gasteiger partial charge in [-0.3, -0.25) is 4.79 Å². The number of amides is 2. The van der Waals surface area contributed by atoms with Gasteiger partial charge < -0.3 is 15.4 Å². The fraction of sp³-hybridized carbons (Fsp3) is 0.818. The zero-order valence-corrected chi connectivity index (χ0v) is 10.3. The average Bonchev–Trinajstić information content (AvgIpc) is 2.27. The maximum atomic E-state index is 11.3. The van der Waals surface area contributed by atoms with Gasteiger partial charge in [0.1, 0.15) is 0 Å². The second-order valence-corrected chi connectivity index (χ2v) is 3.62. The highest BCUT2D eigenvalue weighted by atomic mass is 16.5. The Morgan fingerprint density at radius 2 is 1.94 bits per heavy atom. The summed E-state index contributed by atoms with van der Waals surface area (Å²) in [6.07, 6.45) is 1.43. The summed E-state index contributed by atoms with van der Waals surface area (Å²) in [7, 11) is 0. The minimum absolute atomic E-state index is 0.0450. The second-order valence-electron chi connectivity index (χ2n) is 3.62. The summed E-state index contributed by atoms with van der Waals surface area (Å²) in [6, 6.07) is -0.184. The number of hydrogen-bond donors (Lipinski definition) is 2. The van der Waals surface area contributed by atoms with E-state index in [1.807, 2.05) is 20.8 Å². The summed E-state index contributed by atoms with van der Waals surface area (Å²) in [4.78, 5) is 22.2. The highest BCUT2D eigenvalue weighted by molar-refractivity contribution is 5.73. The molecule has 0 saturated heterocycles. The number of carbonyl (C=O) groups excluding carboxylic acids is 2. The van der Waals surface area contributed by atoms with Crippen molar-refractivity contribution in [3.8, 4) is 0 Å². The predicted molar refractivity (Wildman–Crippen MR) is 62.1 cm³/mol. The Labute approximate surface area is 96.9 Å². The van der Waals surface area contributed by atoms with Gasteiger partial charge in [-0.05, 0) is 19.8 Å². The molecule has 0 bridgehead atoms. The van der Waals surface area contributed by atoms with Crippen molar-refractivity contribution in [3.05, 3.63) is 0 Å². The van der Waals surface area contributed by atoms with Crippen LogP contribution in [0.15, 0.2) is 0 Å². The molecule has 0 spiro atoms. The first kappa shape index (κ1) is 14.7. The largest absolute Gasteiger partial charge is 0.465 e. The predicted octanol–water partition coefficient (Wildman–Crippen LogP) is 1.28. The lowest BCUT2D eigenvalue weighted by molar-refractivity contribution is -0.148. The fourth-order valence-electron chi connectivity index (χ4n) is 0.979. The van der Waals surface area contributed by atoms with Crippen molar-refractivity contribution >= 4 is 12.0 Å². The minimum atomic E-state index is -0.184. The van der Waals surface area contributed by atoms with Crippen LogP contribution in [-0.2, 0) is 9.53 Å². The lowest BCUT2D eigenvalue weighted by atomic mass is 10.1. The van der Waals surface area contributed by atoms with Crippen molar-refractivity contribution in [3.63, 3.8) is 0 Å². The van der Waals surface area contributed by atoms with Gasteiger partial charge in [0.25, 0.3) is 0 Å². The molecule has 0 aromatic heterocycles. The van der Waals surface area contributed by atoms with Gasteiger partial charge in [0.15, 0.2) is 0 Å². The Kier molecular flexibility index (Phi) is 8.29. The van der Waals surface area contributed by atoms with Crippen LogP contribution in [0.4, 0.5) is 4.79 Å². The van der Waals surface area contributed by atoms with E-state index in [0.717, 1.165) is 6.42 Å². The van der Waals surface area contributed by atoms with E-state index in [1.165, 1.54) is 0 Å². The highest BCUT2D eigenvalue weighted by Crippen LogP contribution is 2.02. The van der Waals surface area contributed by atoms with Crippen LogP contribution in [0.2, 0.25) is 0 Å². The molecule has 0 aliphatic heterocycles. The molecule has 2 amide bonds. The third kappa shape index (κ3) is 7.09. The first-order valence-corrected chi connectivity index (χ1v) is 5.80. The van der Waals surface area contributed by atoms with Crippen molar-refractivity contribution < 1.29 is 14.3 Å². The molecule has 94 valence electrons. The van der Waals surface area contributed by atoms with E-state index in [0.29, 0.717) is 26.1 Å². The molecule has 0 saturated carbocycles. The summed E-state index contributed by atoms with van der Waals surface area (Å²) in [5.41, 5.74) is 0. The molecule has 16 heavy (non-hydrogen) atoms. The van der Waals surface area contributed by atoms with Crippen LogP contribution in [0, 0.1) is 5.92 Å². The zero-order chi connectivity index (χ0) is 12.4. The number of nitrogens with one attached hydrogen (secondary N) is 2. The SMILES string of the molecule is CCNC(=O)NCCCOC(=O)C(C)CC. The molecule has 1 atom stereocenters. The standard InChI is InChI=1S/C11H22N2O3/c1-4-9(3)10(14)16-8-6-7-13-11(15)12-5-2/h9H,4-8H2,1-3H3,(H2,12,13,15). The average molecular weight is 230 g/mol. The molecular formula is C11H22N2O3. The second kappa shape index (κ2) is 9.00. The topological polar surface area (TPSA) is 67.4 Å². The molecule has 0 aromatic rings. The zero-order valence-electron chi connectivity index (χ0n) is 10.3. The third-order valence-corrected chi connectivity index (χ3v) is 2.20. The Bertz CT molecular complexity index is 219. The molecule has 0 fully saturated rings. The van der Waals surface area contributed by atoms with Gasteiger partial charge in [0, 0.05) is 13.1 Å². The summed E-state index contributed by atoms with van der Waals surface area (Å²) < 4.78 is 5.03. The Balaban J connectivity index is 3.40. The number of carbonyl (C=O) groups is 2. The van der Waals surface area contributed by atoms with Gasteiger partial charge in [-0.15, -0.1) is 0 Å². The highest BCUT2D eigenvalue weighted by Gasteiger charge is 2.10. The lowest BCUT2D eigenvalue weighted by Gasteiger charge is -2.09. The maximum Gasteiger partial charge on any atom is 0.314 e. The molecule has 0 heterocycles. The molecular weight excluding hydrogens is 208 g/mol. The summed E-state index contributed by atoms with van der Waals surface area (Å²) in [6.45, 7) is 7.12. The van der Waals surface area contributed by atoms with Gasteiger partial charge in [-0.2, -0.15) is 0 Å². The molecule has 2 N–H and O–H groups in total. The van der Waals surface area contributed by atoms with Crippen LogP contribution >= 0.6 is 0 Å². The number of esters is 1. The summed E-state index contributed by atoms with van der Waals surface area (Å²) in [5, 5.41) is 5.27. The van der Waals surface area contributed by atoms with Crippen LogP contribution in [0.5, 0.6) is 0 Å². The van der Waals surface area contributed by atoms with Crippen molar-refractivity contribution in [1.29, 1.82) is 0 Å². The van der Waals surface area contributed by atoms with Crippen molar-refractivity contribution in [1.82, 2.24) is 10.6 Å².